The normalized spacial score (nSPS) is 14.1. The molecule has 3 nitrogen and oxygen atoms in total. The van der Waals surface area contributed by atoms with Gasteiger partial charge in [0.25, 0.3) is 0 Å². The SMILES string of the molecule is CC(N)OCCO. The molecule has 0 aromatic rings. The van der Waals surface area contributed by atoms with Crippen molar-refractivity contribution in [3.63, 3.8) is 0 Å². The molecule has 0 fully saturated rings. The Morgan fingerprint density at radius 1 is 1.86 bits per heavy atom. The summed E-state index contributed by atoms with van der Waals surface area (Å²) in [6, 6.07) is 0. The van der Waals surface area contributed by atoms with Crippen molar-refractivity contribution in [1.29, 1.82) is 0 Å². The van der Waals surface area contributed by atoms with Gasteiger partial charge in [0, 0.05) is 0 Å². The van der Waals surface area contributed by atoms with E-state index < -0.39 is 0 Å². The Kier molecular flexibility index (Phi) is 3.98. The zero-order valence-electron chi connectivity index (χ0n) is 4.42. The monoisotopic (exact) mass is 105 g/mol. The zero-order chi connectivity index (χ0) is 5.70. The fraction of sp³-hybridized carbons (Fsp3) is 1.00. The summed E-state index contributed by atoms with van der Waals surface area (Å²) in [5.41, 5.74) is 5.15. The molecule has 3 N–H and O–H groups in total. The van der Waals surface area contributed by atoms with Crippen molar-refractivity contribution >= 4 is 0 Å². The van der Waals surface area contributed by atoms with Gasteiger partial charge in [-0.1, -0.05) is 0 Å². The lowest BCUT2D eigenvalue weighted by atomic mass is 10.7. The topological polar surface area (TPSA) is 55.5 Å². The molecule has 0 bridgehead atoms. The Hall–Kier alpha value is -0.120. The number of aliphatic hydroxyl groups excluding tert-OH is 1. The summed E-state index contributed by atoms with van der Waals surface area (Å²) < 4.78 is 4.72. The molecule has 1 atom stereocenters. The highest BCUT2D eigenvalue weighted by Crippen LogP contribution is 1.75. The van der Waals surface area contributed by atoms with E-state index in [1.807, 2.05) is 0 Å². The molecular formula is C4H11NO2. The average Bonchev–Trinajstić information content (AvgIpc) is 1.61. The summed E-state index contributed by atoms with van der Waals surface area (Å²) in [5.74, 6) is 0. The lowest BCUT2D eigenvalue weighted by Crippen LogP contribution is -2.20. The van der Waals surface area contributed by atoms with E-state index in [2.05, 4.69) is 0 Å². The summed E-state index contributed by atoms with van der Waals surface area (Å²) in [5, 5.41) is 8.13. The fourth-order valence-electron chi connectivity index (χ4n) is 0.239. The lowest BCUT2D eigenvalue weighted by molar-refractivity contribution is 0.0429. The Labute approximate surface area is 43.1 Å². The van der Waals surface area contributed by atoms with Crippen LogP contribution in [-0.4, -0.2) is 24.5 Å². The molecule has 0 aromatic heterocycles. The summed E-state index contributed by atoms with van der Waals surface area (Å²) in [4.78, 5) is 0. The van der Waals surface area contributed by atoms with Crippen LogP contribution in [0.25, 0.3) is 0 Å². The maximum atomic E-state index is 8.13. The van der Waals surface area contributed by atoms with Gasteiger partial charge in [-0.2, -0.15) is 0 Å². The minimum Gasteiger partial charge on any atom is -0.394 e. The number of ether oxygens (including phenoxy) is 1. The molecule has 7 heavy (non-hydrogen) atoms. The molecule has 0 rings (SSSR count). The number of rotatable bonds is 3. The van der Waals surface area contributed by atoms with Crippen LogP contribution in [0, 0.1) is 0 Å². The first-order chi connectivity index (χ1) is 3.27. The molecule has 0 aliphatic rings. The Bertz CT molecular complexity index is 38.7. The molecule has 0 saturated carbocycles. The maximum absolute atomic E-state index is 8.13. The smallest absolute Gasteiger partial charge is 0.102 e. The van der Waals surface area contributed by atoms with Crippen molar-refractivity contribution in [2.75, 3.05) is 13.2 Å². The van der Waals surface area contributed by atoms with Gasteiger partial charge in [-0.05, 0) is 6.92 Å². The van der Waals surface area contributed by atoms with Gasteiger partial charge in [0.1, 0.15) is 6.23 Å². The molecule has 0 aromatic carbocycles. The average molecular weight is 105 g/mol. The van der Waals surface area contributed by atoms with Gasteiger partial charge in [-0.15, -0.1) is 0 Å². The van der Waals surface area contributed by atoms with Gasteiger partial charge in [-0.3, -0.25) is 0 Å². The zero-order valence-corrected chi connectivity index (χ0v) is 4.42. The molecule has 0 heterocycles. The maximum Gasteiger partial charge on any atom is 0.102 e. The first kappa shape index (κ1) is 6.88. The van der Waals surface area contributed by atoms with Gasteiger partial charge in [0.15, 0.2) is 0 Å². The number of hydrogen-bond acceptors (Lipinski definition) is 3. The first-order valence-corrected chi connectivity index (χ1v) is 2.25. The van der Waals surface area contributed by atoms with Crippen LogP contribution in [0.1, 0.15) is 6.92 Å². The summed E-state index contributed by atoms with van der Waals surface area (Å²) in [6.07, 6.45) is -0.257. The second-order valence-electron chi connectivity index (χ2n) is 1.30. The fourth-order valence-corrected chi connectivity index (χ4v) is 0.239. The van der Waals surface area contributed by atoms with E-state index in [4.69, 9.17) is 15.6 Å². The first-order valence-electron chi connectivity index (χ1n) is 2.25. The third-order valence-electron chi connectivity index (χ3n) is 0.472. The molecular weight excluding hydrogens is 94.0 g/mol. The molecule has 0 saturated heterocycles. The van der Waals surface area contributed by atoms with E-state index >= 15 is 0 Å². The van der Waals surface area contributed by atoms with E-state index in [0.29, 0.717) is 6.61 Å². The second-order valence-corrected chi connectivity index (χ2v) is 1.30. The predicted octanol–water partition coefficient (Wildman–Crippen LogP) is -0.700. The molecule has 0 aliphatic heterocycles. The van der Waals surface area contributed by atoms with Crippen LogP contribution in [0.15, 0.2) is 0 Å². The third kappa shape index (κ3) is 5.88. The largest absolute Gasteiger partial charge is 0.394 e. The number of aliphatic hydroxyl groups is 1. The van der Waals surface area contributed by atoms with Crippen LogP contribution >= 0.6 is 0 Å². The lowest BCUT2D eigenvalue weighted by Gasteiger charge is -2.02. The standard InChI is InChI=1S/C4H11NO2/c1-4(5)7-3-2-6/h4,6H,2-3,5H2,1H3. The highest BCUT2D eigenvalue weighted by Gasteiger charge is 1.87. The van der Waals surface area contributed by atoms with Crippen LogP contribution in [0.3, 0.4) is 0 Å². The Morgan fingerprint density at radius 3 is 2.57 bits per heavy atom. The van der Waals surface area contributed by atoms with Gasteiger partial charge in [0.2, 0.25) is 0 Å². The van der Waals surface area contributed by atoms with Crippen molar-refractivity contribution in [3.8, 4) is 0 Å². The van der Waals surface area contributed by atoms with E-state index in [9.17, 15) is 0 Å². The van der Waals surface area contributed by atoms with Crippen molar-refractivity contribution in [2.24, 2.45) is 5.73 Å². The highest BCUT2D eigenvalue weighted by molar-refractivity contribution is 4.31. The summed E-state index contributed by atoms with van der Waals surface area (Å²) >= 11 is 0. The van der Waals surface area contributed by atoms with Gasteiger partial charge in [0.05, 0.1) is 13.2 Å². The van der Waals surface area contributed by atoms with Gasteiger partial charge >= 0.3 is 0 Å². The minimum absolute atomic E-state index is 0.0432. The quantitative estimate of drug-likeness (QED) is 0.467. The predicted molar refractivity (Wildman–Crippen MR) is 26.7 cm³/mol. The van der Waals surface area contributed by atoms with E-state index in [1.54, 1.807) is 6.92 Å². The molecule has 0 amide bonds. The summed E-state index contributed by atoms with van der Waals surface area (Å²) in [6.45, 7) is 2.09. The van der Waals surface area contributed by atoms with E-state index in [1.165, 1.54) is 0 Å². The van der Waals surface area contributed by atoms with Crippen LogP contribution in [0.4, 0.5) is 0 Å². The molecule has 3 heteroatoms. The van der Waals surface area contributed by atoms with Crippen LogP contribution in [-0.2, 0) is 4.74 Å². The molecule has 0 radical (unpaired) electrons. The van der Waals surface area contributed by atoms with Crippen molar-refractivity contribution in [1.82, 2.24) is 0 Å². The Balaban J connectivity index is 2.68. The summed E-state index contributed by atoms with van der Waals surface area (Å²) in [7, 11) is 0. The number of hydrogen-bond donors (Lipinski definition) is 2. The van der Waals surface area contributed by atoms with Crippen LogP contribution in [0.5, 0.6) is 0 Å². The highest BCUT2D eigenvalue weighted by atomic mass is 16.5. The van der Waals surface area contributed by atoms with E-state index in [0.717, 1.165) is 0 Å². The van der Waals surface area contributed by atoms with Crippen molar-refractivity contribution in [3.05, 3.63) is 0 Å². The third-order valence-corrected chi connectivity index (χ3v) is 0.472. The van der Waals surface area contributed by atoms with Crippen LogP contribution < -0.4 is 5.73 Å². The molecule has 44 valence electrons. The minimum atomic E-state index is -0.257. The van der Waals surface area contributed by atoms with Crippen LogP contribution in [0.2, 0.25) is 0 Å². The molecule has 0 aliphatic carbocycles. The molecule has 1 unspecified atom stereocenters. The van der Waals surface area contributed by atoms with Crippen molar-refractivity contribution in [2.45, 2.75) is 13.2 Å². The second kappa shape index (κ2) is 4.05. The van der Waals surface area contributed by atoms with Crippen molar-refractivity contribution < 1.29 is 9.84 Å². The Morgan fingerprint density at radius 2 is 2.43 bits per heavy atom. The van der Waals surface area contributed by atoms with Gasteiger partial charge in [-0.25, -0.2) is 0 Å². The number of nitrogens with two attached hydrogens (primary N) is 1. The molecule has 0 spiro atoms. The van der Waals surface area contributed by atoms with E-state index in [-0.39, 0.29) is 12.8 Å². The van der Waals surface area contributed by atoms with Gasteiger partial charge < -0.3 is 15.6 Å².